The van der Waals surface area contributed by atoms with Gasteiger partial charge in [0.25, 0.3) is 15.9 Å². The highest BCUT2D eigenvalue weighted by molar-refractivity contribution is 7.90. The molecule has 0 spiro atoms. The number of nitrogens with zero attached hydrogens (tertiary/aromatic N) is 1. The fourth-order valence-electron chi connectivity index (χ4n) is 3.70. The minimum atomic E-state index is -4.14. The zero-order valence-corrected chi connectivity index (χ0v) is 18.5. The van der Waals surface area contributed by atoms with E-state index in [1.807, 2.05) is 55.0 Å². The van der Waals surface area contributed by atoms with Crippen LogP contribution in [0.4, 0.5) is 0 Å². The fraction of sp³-hybridized carbons (Fsp3) is 0.227. The summed E-state index contributed by atoms with van der Waals surface area (Å²) in [6.45, 7) is 3.36. The van der Waals surface area contributed by atoms with E-state index in [4.69, 9.17) is 4.74 Å². The van der Waals surface area contributed by atoms with Crippen molar-refractivity contribution in [3.8, 4) is 16.3 Å². The summed E-state index contributed by atoms with van der Waals surface area (Å²) in [6.07, 6.45) is 0.394. The zero-order valence-electron chi connectivity index (χ0n) is 16.9. The van der Waals surface area contributed by atoms with Gasteiger partial charge in [0.15, 0.2) is 17.4 Å². The first-order valence-corrected chi connectivity index (χ1v) is 12.0. The van der Waals surface area contributed by atoms with Gasteiger partial charge in [-0.3, -0.25) is 9.59 Å². The minimum Gasteiger partial charge on any atom is -0.483 e. The van der Waals surface area contributed by atoms with Crippen molar-refractivity contribution in [2.75, 3.05) is 6.61 Å². The monoisotopic (exact) mass is 456 g/mol. The van der Waals surface area contributed by atoms with Crippen LogP contribution >= 0.6 is 11.3 Å². The Hall–Kier alpha value is -3.04. The molecule has 3 aromatic rings. The predicted molar refractivity (Wildman–Crippen MR) is 117 cm³/mol. The number of Topliss-reactive ketones (excluding diaryl/α,β-unsaturated/α-hetero) is 1. The molecule has 31 heavy (non-hydrogen) atoms. The van der Waals surface area contributed by atoms with Crippen LogP contribution in [0.1, 0.15) is 40.7 Å². The van der Waals surface area contributed by atoms with Gasteiger partial charge in [0, 0.05) is 17.4 Å². The lowest BCUT2D eigenvalue weighted by Crippen LogP contribution is -2.34. The SMILES string of the molecule is Cc1ccc(OCC(=O)NS(=O)(=O)c2csc(-c3ccccc3)n2)c2c1C(C)CC2=O. The van der Waals surface area contributed by atoms with Crippen molar-refractivity contribution < 1.29 is 22.7 Å². The highest BCUT2D eigenvalue weighted by Crippen LogP contribution is 2.40. The van der Waals surface area contributed by atoms with E-state index in [1.165, 1.54) is 16.7 Å². The molecule has 1 heterocycles. The van der Waals surface area contributed by atoms with Gasteiger partial charge in [-0.25, -0.2) is 9.71 Å². The maximum Gasteiger partial charge on any atom is 0.282 e. The average Bonchev–Trinajstić information content (AvgIpc) is 3.34. The third-order valence-corrected chi connectivity index (χ3v) is 7.37. The molecule has 1 aromatic heterocycles. The number of fused-ring (bicyclic) bond motifs is 1. The van der Waals surface area contributed by atoms with Crippen LogP contribution in [-0.2, 0) is 14.8 Å². The van der Waals surface area contributed by atoms with Crippen LogP contribution in [0.25, 0.3) is 10.6 Å². The van der Waals surface area contributed by atoms with Crippen molar-refractivity contribution in [1.29, 1.82) is 0 Å². The van der Waals surface area contributed by atoms with E-state index >= 15 is 0 Å². The van der Waals surface area contributed by atoms with Crippen molar-refractivity contribution >= 4 is 33.1 Å². The minimum absolute atomic E-state index is 0.0369. The summed E-state index contributed by atoms with van der Waals surface area (Å²) in [4.78, 5) is 28.7. The lowest BCUT2D eigenvalue weighted by molar-refractivity contribution is -0.121. The summed E-state index contributed by atoms with van der Waals surface area (Å²) in [5.74, 6) is -0.501. The summed E-state index contributed by atoms with van der Waals surface area (Å²) in [6, 6.07) is 12.6. The lowest BCUT2D eigenvalue weighted by Gasteiger charge is -2.13. The summed E-state index contributed by atoms with van der Waals surface area (Å²) in [5.41, 5.74) is 3.18. The Labute approximate surface area is 184 Å². The van der Waals surface area contributed by atoms with Crippen LogP contribution in [0.2, 0.25) is 0 Å². The van der Waals surface area contributed by atoms with Gasteiger partial charge in [0.1, 0.15) is 10.8 Å². The number of rotatable bonds is 6. The molecule has 1 aliphatic rings. The first kappa shape index (κ1) is 21.2. The van der Waals surface area contributed by atoms with Gasteiger partial charge in [-0.05, 0) is 30.0 Å². The number of sulfonamides is 1. The van der Waals surface area contributed by atoms with Gasteiger partial charge in [0.05, 0.1) is 5.56 Å². The van der Waals surface area contributed by atoms with E-state index in [-0.39, 0.29) is 16.7 Å². The number of carbonyl (C=O) groups excluding carboxylic acids is 2. The summed E-state index contributed by atoms with van der Waals surface area (Å²) in [5, 5.41) is 1.68. The van der Waals surface area contributed by atoms with E-state index in [0.29, 0.717) is 22.7 Å². The third-order valence-electron chi connectivity index (χ3n) is 5.07. The Balaban J connectivity index is 1.45. The van der Waals surface area contributed by atoms with Crippen molar-refractivity contribution in [2.24, 2.45) is 0 Å². The van der Waals surface area contributed by atoms with E-state index in [2.05, 4.69) is 4.98 Å². The fourth-order valence-corrected chi connectivity index (χ4v) is 5.77. The number of aryl methyl sites for hydroxylation is 1. The summed E-state index contributed by atoms with van der Waals surface area (Å²) < 4.78 is 32.6. The van der Waals surface area contributed by atoms with Crippen LogP contribution in [0.15, 0.2) is 52.9 Å². The molecule has 7 nitrogen and oxygen atoms in total. The van der Waals surface area contributed by atoms with Gasteiger partial charge in [0.2, 0.25) is 0 Å². The van der Waals surface area contributed by atoms with Crippen LogP contribution in [0, 0.1) is 6.92 Å². The largest absolute Gasteiger partial charge is 0.483 e. The number of aromatic nitrogens is 1. The van der Waals surface area contributed by atoms with E-state index in [0.717, 1.165) is 16.7 Å². The van der Waals surface area contributed by atoms with E-state index in [1.54, 1.807) is 6.07 Å². The van der Waals surface area contributed by atoms with Gasteiger partial charge in [-0.15, -0.1) is 11.3 Å². The Morgan fingerprint density at radius 1 is 1.23 bits per heavy atom. The number of carbonyl (C=O) groups is 2. The second kappa shape index (κ2) is 8.24. The van der Waals surface area contributed by atoms with E-state index < -0.39 is 22.5 Å². The molecule has 0 aliphatic heterocycles. The molecule has 1 aliphatic carbocycles. The maximum absolute atomic E-state index is 12.5. The number of benzene rings is 2. The van der Waals surface area contributed by atoms with Crippen LogP contribution in [0.5, 0.6) is 5.75 Å². The number of hydrogen-bond acceptors (Lipinski definition) is 7. The highest BCUT2D eigenvalue weighted by atomic mass is 32.2. The molecular formula is C22H20N2O5S2. The first-order chi connectivity index (χ1) is 14.8. The molecule has 4 rings (SSSR count). The molecule has 1 atom stereocenters. The first-order valence-electron chi connectivity index (χ1n) is 9.62. The molecule has 0 radical (unpaired) electrons. The van der Waals surface area contributed by atoms with Crippen molar-refractivity contribution in [3.05, 3.63) is 64.5 Å². The molecule has 1 unspecified atom stereocenters. The van der Waals surface area contributed by atoms with Gasteiger partial charge < -0.3 is 4.74 Å². The molecule has 160 valence electrons. The van der Waals surface area contributed by atoms with E-state index in [9.17, 15) is 18.0 Å². The molecule has 1 amide bonds. The van der Waals surface area contributed by atoms with Gasteiger partial charge in [-0.2, -0.15) is 8.42 Å². The second-order valence-electron chi connectivity index (χ2n) is 7.37. The van der Waals surface area contributed by atoms with Crippen LogP contribution in [-0.4, -0.2) is 31.7 Å². The van der Waals surface area contributed by atoms with Crippen molar-refractivity contribution in [1.82, 2.24) is 9.71 Å². The molecule has 0 saturated carbocycles. The van der Waals surface area contributed by atoms with Crippen LogP contribution in [0.3, 0.4) is 0 Å². The standard InChI is InChI=1S/C22H20N2O5S2/c1-13-8-9-17(21-16(25)10-14(2)20(13)21)29-11-18(26)24-31(27,28)19-12-30-22(23-19)15-6-4-3-5-7-15/h3-9,12,14H,10-11H2,1-2H3,(H,24,26). The van der Waals surface area contributed by atoms with Crippen molar-refractivity contribution in [2.45, 2.75) is 31.2 Å². The average molecular weight is 457 g/mol. The maximum atomic E-state index is 12.5. The number of ketones is 1. The van der Waals surface area contributed by atoms with Crippen molar-refractivity contribution in [3.63, 3.8) is 0 Å². The molecule has 0 saturated heterocycles. The van der Waals surface area contributed by atoms with Crippen LogP contribution < -0.4 is 9.46 Å². The number of thiazole rings is 1. The quantitative estimate of drug-likeness (QED) is 0.607. The lowest BCUT2D eigenvalue weighted by atomic mass is 9.97. The van der Waals surface area contributed by atoms with Gasteiger partial charge in [-0.1, -0.05) is 43.3 Å². The smallest absolute Gasteiger partial charge is 0.282 e. The zero-order chi connectivity index (χ0) is 22.2. The molecule has 1 N–H and O–H groups in total. The molecule has 0 bridgehead atoms. The Morgan fingerprint density at radius 3 is 2.71 bits per heavy atom. The summed E-state index contributed by atoms with van der Waals surface area (Å²) in [7, 11) is -4.14. The molecule has 9 heteroatoms. The number of amides is 1. The Morgan fingerprint density at radius 2 is 1.97 bits per heavy atom. The third kappa shape index (κ3) is 4.24. The second-order valence-corrected chi connectivity index (χ2v) is 9.86. The van der Waals surface area contributed by atoms with Gasteiger partial charge >= 0.3 is 0 Å². The highest BCUT2D eigenvalue weighted by Gasteiger charge is 2.31. The molecule has 0 fully saturated rings. The molecule has 2 aromatic carbocycles. The predicted octanol–water partition coefficient (Wildman–Crippen LogP) is 3.69. The topological polar surface area (TPSA) is 102 Å². The Bertz CT molecular complexity index is 1270. The molecular weight excluding hydrogens is 436 g/mol. The number of nitrogens with one attached hydrogen (secondary N) is 1. The number of hydrogen-bond donors (Lipinski definition) is 1. The number of ether oxygens (including phenoxy) is 1. The Kier molecular flexibility index (Phi) is 5.63. The normalized spacial score (nSPS) is 15.5. The summed E-state index contributed by atoms with van der Waals surface area (Å²) >= 11 is 1.17.